The van der Waals surface area contributed by atoms with E-state index in [1.165, 1.54) is 16.7 Å². The first-order valence-corrected chi connectivity index (χ1v) is 5.80. The van der Waals surface area contributed by atoms with Crippen molar-refractivity contribution >= 4 is 5.78 Å². The Kier molecular flexibility index (Phi) is 3.14. The topological polar surface area (TPSA) is 22.0 Å². The average Bonchev–Trinajstić information content (AvgIpc) is 2.72. The van der Waals surface area contributed by atoms with Gasteiger partial charge in [-0.15, -0.1) is 0 Å². The molecule has 0 aliphatic carbocycles. The maximum Gasteiger partial charge on any atom is 0.161 e. The molecule has 0 amide bonds. The van der Waals surface area contributed by atoms with E-state index in [1.807, 2.05) is 18.5 Å². The van der Waals surface area contributed by atoms with Gasteiger partial charge >= 0.3 is 0 Å². The molecule has 1 heterocycles. The van der Waals surface area contributed by atoms with Crippen LogP contribution in [0.5, 0.6) is 0 Å². The smallest absolute Gasteiger partial charge is 0.161 e. The maximum absolute atomic E-state index is 11.2. The first-order valence-electron chi connectivity index (χ1n) is 5.80. The van der Waals surface area contributed by atoms with Crippen LogP contribution in [0.15, 0.2) is 36.7 Å². The molecule has 0 N–H and O–H groups in total. The van der Waals surface area contributed by atoms with Crippen molar-refractivity contribution in [1.29, 1.82) is 0 Å². The monoisotopic (exact) mass is 227 g/mol. The number of hydrogen-bond donors (Lipinski definition) is 0. The van der Waals surface area contributed by atoms with Gasteiger partial charge in [0.1, 0.15) is 0 Å². The van der Waals surface area contributed by atoms with Gasteiger partial charge in [0.05, 0.1) is 0 Å². The molecule has 0 aliphatic heterocycles. The lowest BCUT2D eigenvalue weighted by Gasteiger charge is -2.10. The van der Waals surface area contributed by atoms with Gasteiger partial charge in [-0.2, -0.15) is 0 Å². The standard InChI is InChI=1S/C15H17NO/c1-11-5-4-6-12(2)15(11)10-16-8-7-14(9-16)13(3)17/h4-9H,10H2,1-3H3. The normalized spacial score (nSPS) is 10.5. The molecule has 0 saturated carbocycles. The summed E-state index contributed by atoms with van der Waals surface area (Å²) in [6.45, 7) is 6.67. The SMILES string of the molecule is CC(=O)c1ccn(Cc2c(C)cccc2C)c1. The Balaban J connectivity index is 2.28. The second-order valence-corrected chi connectivity index (χ2v) is 4.50. The Morgan fingerprint density at radius 2 is 1.82 bits per heavy atom. The van der Waals surface area contributed by atoms with Gasteiger partial charge in [0.2, 0.25) is 0 Å². The fourth-order valence-electron chi connectivity index (χ4n) is 2.03. The van der Waals surface area contributed by atoms with Crippen molar-refractivity contribution in [2.75, 3.05) is 0 Å². The summed E-state index contributed by atoms with van der Waals surface area (Å²) in [7, 11) is 0. The molecule has 0 spiro atoms. The van der Waals surface area contributed by atoms with Crippen LogP contribution in [0, 0.1) is 13.8 Å². The molecule has 0 bridgehead atoms. The van der Waals surface area contributed by atoms with E-state index >= 15 is 0 Å². The van der Waals surface area contributed by atoms with Crippen molar-refractivity contribution in [3.8, 4) is 0 Å². The highest BCUT2D eigenvalue weighted by Crippen LogP contribution is 2.15. The summed E-state index contributed by atoms with van der Waals surface area (Å²) in [6.07, 6.45) is 3.87. The molecule has 1 aromatic carbocycles. The highest BCUT2D eigenvalue weighted by Gasteiger charge is 2.05. The maximum atomic E-state index is 11.2. The Morgan fingerprint density at radius 3 is 2.35 bits per heavy atom. The third-order valence-corrected chi connectivity index (χ3v) is 3.14. The molecule has 0 radical (unpaired) electrons. The van der Waals surface area contributed by atoms with E-state index in [0.29, 0.717) is 0 Å². The van der Waals surface area contributed by atoms with Gasteiger partial charge in [-0.25, -0.2) is 0 Å². The van der Waals surface area contributed by atoms with Crippen molar-refractivity contribution < 1.29 is 4.79 Å². The first kappa shape index (κ1) is 11.6. The van der Waals surface area contributed by atoms with Crippen LogP contribution in [0.3, 0.4) is 0 Å². The van der Waals surface area contributed by atoms with E-state index in [9.17, 15) is 4.79 Å². The number of hydrogen-bond acceptors (Lipinski definition) is 1. The minimum absolute atomic E-state index is 0.116. The summed E-state index contributed by atoms with van der Waals surface area (Å²) in [4.78, 5) is 11.2. The van der Waals surface area contributed by atoms with Crippen LogP contribution in [0.25, 0.3) is 0 Å². The molecule has 2 nitrogen and oxygen atoms in total. The van der Waals surface area contributed by atoms with E-state index in [4.69, 9.17) is 0 Å². The lowest BCUT2D eigenvalue weighted by Crippen LogP contribution is -2.01. The Morgan fingerprint density at radius 1 is 1.18 bits per heavy atom. The molecule has 88 valence electrons. The summed E-state index contributed by atoms with van der Waals surface area (Å²) < 4.78 is 2.06. The molecule has 2 rings (SSSR count). The van der Waals surface area contributed by atoms with Gasteiger partial charge in [0.25, 0.3) is 0 Å². The zero-order valence-corrected chi connectivity index (χ0v) is 10.5. The Bertz CT molecular complexity index is 532. The first-order chi connectivity index (χ1) is 8.08. The number of carbonyl (C=O) groups excluding carboxylic acids is 1. The predicted molar refractivity (Wildman–Crippen MR) is 69.5 cm³/mol. The van der Waals surface area contributed by atoms with Crippen molar-refractivity contribution in [2.24, 2.45) is 0 Å². The number of aryl methyl sites for hydroxylation is 2. The number of rotatable bonds is 3. The molecular formula is C15H17NO. The lowest BCUT2D eigenvalue weighted by atomic mass is 10.0. The van der Waals surface area contributed by atoms with E-state index in [1.54, 1.807) is 6.92 Å². The van der Waals surface area contributed by atoms with Crippen LogP contribution < -0.4 is 0 Å². The molecule has 0 saturated heterocycles. The van der Waals surface area contributed by atoms with Gasteiger partial charge < -0.3 is 4.57 Å². The van der Waals surface area contributed by atoms with Gasteiger partial charge in [0, 0.05) is 24.5 Å². The largest absolute Gasteiger partial charge is 0.349 e. The summed E-state index contributed by atoms with van der Waals surface area (Å²) in [6, 6.07) is 8.19. The summed E-state index contributed by atoms with van der Waals surface area (Å²) in [5, 5.41) is 0. The van der Waals surface area contributed by atoms with E-state index in [2.05, 4.69) is 36.6 Å². The van der Waals surface area contributed by atoms with Crippen LogP contribution in [0.4, 0.5) is 0 Å². The Hall–Kier alpha value is -1.83. The second-order valence-electron chi connectivity index (χ2n) is 4.50. The molecule has 1 aromatic heterocycles. The minimum Gasteiger partial charge on any atom is -0.349 e. The van der Waals surface area contributed by atoms with Gasteiger partial charge in [-0.05, 0) is 43.5 Å². The van der Waals surface area contributed by atoms with Gasteiger partial charge in [0.15, 0.2) is 5.78 Å². The third-order valence-electron chi connectivity index (χ3n) is 3.14. The van der Waals surface area contributed by atoms with Gasteiger partial charge in [-0.3, -0.25) is 4.79 Å². The fraction of sp³-hybridized carbons (Fsp3) is 0.267. The van der Waals surface area contributed by atoms with E-state index in [0.717, 1.165) is 12.1 Å². The van der Waals surface area contributed by atoms with E-state index < -0.39 is 0 Å². The zero-order valence-electron chi connectivity index (χ0n) is 10.5. The van der Waals surface area contributed by atoms with Crippen molar-refractivity contribution in [2.45, 2.75) is 27.3 Å². The van der Waals surface area contributed by atoms with E-state index in [-0.39, 0.29) is 5.78 Å². The lowest BCUT2D eigenvalue weighted by molar-refractivity contribution is 0.101. The predicted octanol–water partition coefficient (Wildman–Crippen LogP) is 3.36. The zero-order chi connectivity index (χ0) is 12.4. The van der Waals surface area contributed by atoms with Crippen LogP contribution in [0.2, 0.25) is 0 Å². The van der Waals surface area contributed by atoms with Crippen LogP contribution in [-0.2, 0) is 6.54 Å². The van der Waals surface area contributed by atoms with Crippen molar-refractivity contribution in [3.63, 3.8) is 0 Å². The molecular weight excluding hydrogens is 210 g/mol. The molecule has 0 atom stereocenters. The highest BCUT2D eigenvalue weighted by molar-refractivity contribution is 5.93. The number of Topliss-reactive ketones (excluding diaryl/α,β-unsaturated/α-hetero) is 1. The summed E-state index contributed by atoms with van der Waals surface area (Å²) >= 11 is 0. The number of nitrogens with zero attached hydrogens (tertiary/aromatic N) is 1. The molecule has 0 aliphatic rings. The van der Waals surface area contributed by atoms with Crippen LogP contribution >= 0.6 is 0 Å². The van der Waals surface area contributed by atoms with Crippen LogP contribution in [0.1, 0.15) is 34.0 Å². The van der Waals surface area contributed by atoms with Crippen molar-refractivity contribution in [1.82, 2.24) is 4.57 Å². The number of benzene rings is 1. The van der Waals surface area contributed by atoms with Crippen molar-refractivity contribution in [3.05, 3.63) is 58.9 Å². The quantitative estimate of drug-likeness (QED) is 0.737. The number of ketones is 1. The number of aromatic nitrogens is 1. The molecule has 0 fully saturated rings. The highest BCUT2D eigenvalue weighted by atomic mass is 16.1. The Labute approximate surface area is 102 Å². The minimum atomic E-state index is 0.116. The van der Waals surface area contributed by atoms with Gasteiger partial charge in [-0.1, -0.05) is 18.2 Å². The molecule has 17 heavy (non-hydrogen) atoms. The summed E-state index contributed by atoms with van der Waals surface area (Å²) in [5.74, 6) is 0.116. The fourth-order valence-corrected chi connectivity index (χ4v) is 2.03. The molecule has 2 aromatic rings. The average molecular weight is 227 g/mol. The van der Waals surface area contributed by atoms with Crippen LogP contribution in [-0.4, -0.2) is 10.4 Å². The number of carbonyl (C=O) groups is 1. The molecule has 0 unspecified atom stereocenters. The molecule has 2 heteroatoms. The third kappa shape index (κ3) is 2.47. The second kappa shape index (κ2) is 4.58. The summed E-state index contributed by atoms with van der Waals surface area (Å²) in [5.41, 5.74) is 4.69.